The van der Waals surface area contributed by atoms with Crippen molar-refractivity contribution in [3.8, 4) is 0 Å². The topological polar surface area (TPSA) is 66.8 Å². The Morgan fingerprint density at radius 1 is 1.45 bits per heavy atom. The van der Waals surface area contributed by atoms with Gasteiger partial charge in [-0.3, -0.25) is 9.59 Å². The van der Waals surface area contributed by atoms with Crippen LogP contribution in [0, 0.1) is 12.8 Å². The first-order valence-electron chi connectivity index (χ1n) is 6.15. The zero-order valence-electron chi connectivity index (χ0n) is 11.7. The van der Waals surface area contributed by atoms with Crippen molar-refractivity contribution in [1.29, 1.82) is 0 Å². The fraction of sp³-hybridized carbons (Fsp3) is 0.429. The summed E-state index contributed by atoms with van der Waals surface area (Å²) in [5.74, 6) is -1.95. The maximum absolute atomic E-state index is 12.1. The number of aliphatic carboxylic acids is 1. The van der Waals surface area contributed by atoms with Gasteiger partial charge in [-0.05, 0) is 24.6 Å². The van der Waals surface area contributed by atoms with E-state index >= 15 is 0 Å². The molecule has 0 aliphatic rings. The van der Waals surface area contributed by atoms with E-state index in [0.717, 1.165) is 5.56 Å². The Morgan fingerprint density at radius 2 is 2.10 bits per heavy atom. The van der Waals surface area contributed by atoms with Crippen molar-refractivity contribution in [2.75, 3.05) is 25.2 Å². The molecule has 1 N–H and O–H groups in total. The fourth-order valence-electron chi connectivity index (χ4n) is 1.65. The minimum absolute atomic E-state index is 0.0664. The highest BCUT2D eigenvalue weighted by Gasteiger charge is 2.22. The predicted molar refractivity (Wildman–Crippen MR) is 77.2 cm³/mol. The number of ether oxygens (including phenoxy) is 1. The average Bonchev–Trinajstić information content (AvgIpc) is 2.39. The molecule has 1 aromatic carbocycles. The number of carboxylic acid groups (broad SMARTS) is 1. The molecule has 1 aromatic rings. The van der Waals surface area contributed by atoms with Crippen molar-refractivity contribution in [2.24, 2.45) is 5.92 Å². The van der Waals surface area contributed by atoms with Crippen LogP contribution in [0.25, 0.3) is 0 Å². The van der Waals surface area contributed by atoms with Gasteiger partial charge < -0.3 is 14.7 Å². The number of carbonyl (C=O) groups excluding carboxylic acids is 1. The largest absolute Gasteiger partial charge is 0.481 e. The highest BCUT2D eigenvalue weighted by molar-refractivity contribution is 6.31. The molecular weight excluding hydrogens is 282 g/mol. The molecule has 0 aliphatic carbocycles. The SMILES string of the molecule is COCC(=O)N(CC(C)C(=O)O)c1ccc(C)c(Cl)c1. The number of hydrogen-bond donors (Lipinski definition) is 1. The fourth-order valence-corrected chi connectivity index (χ4v) is 1.83. The van der Waals surface area contributed by atoms with Crippen LogP contribution in [0.4, 0.5) is 5.69 Å². The molecule has 0 spiro atoms. The Kier molecular flexibility index (Phi) is 5.98. The highest BCUT2D eigenvalue weighted by atomic mass is 35.5. The Balaban J connectivity index is 3.05. The first kappa shape index (κ1) is 16.5. The number of aryl methyl sites for hydroxylation is 1. The van der Waals surface area contributed by atoms with Crippen molar-refractivity contribution in [2.45, 2.75) is 13.8 Å². The van der Waals surface area contributed by atoms with Gasteiger partial charge in [-0.15, -0.1) is 0 Å². The van der Waals surface area contributed by atoms with E-state index in [0.29, 0.717) is 10.7 Å². The van der Waals surface area contributed by atoms with E-state index in [1.807, 2.05) is 6.92 Å². The van der Waals surface area contributed by atoms with Gasteiger partial charge in [0.25, 0.3) is 5.91 Å². The third kappa shape index (κ3) is 4.21. The summed E-state index contributed by atoms with van der Waals surface area (Å²) in [6, 6.07) is 5.18. The van der Waals surface area contributed by atoms with Crippen molar-refractivity contribution in [3.05, 3.63) is 28.8 Å². The van der Waals surface area contributed by atoms with Crippen molar-refractivity contribution in [3.63, 3.8) is 0 Å². The third-order valence-corrected chi connectivity index (χ3v) is 3.32. The maximum Gasteiger partial charge on any atom is 0.308 e. The summed E-state index contributed by atoms with van der Waals surface area (Å²) in [6.07, 6.45) is 0. The number of halogens is 1. The van der Waals surface area contributed by atoms with Gasteiger partial charge in [0.2, 0.25) is 0 Å². The Hall–Kier alpha value is -1.59. The number of benzene rings is 1. The second-order valence-electron chi connectivity index (χ2n) is 4.61. The molecule has 1 rings (SSSR count). The average molecular weight is 300 g/mol. The summed E-state index contributed by atoms with van der Waals surface area (Å²) in [5.41, 5.74) is 1.46. The third-order valence-electron chi connectivity index (χ3n) is 2.91. The molecule has 1 unspecified atom stereocenters. The Labute approximate surface area is 123 Å². The molecule has 20 heavy (non-hydrogen) atoms. The summed E-state index contributed by atoms with van der Waals surface area (Å²) >= 11 is 6.05. The standard InChI is InChI=1S/C14H18ClNO4/c1-9-4-5-11(6-12(9)15)16(13(17)8-20-3)7-10(2)14(18)19/h4-6,10H,7-8H2,1-3H3,(H,18,19). The molecule has 110 valence electrons. The van der Waals surface area contributed by atoms with Crippen LogP contribution in [-0.2, 0) is 14.3 Å². The van der Waals surface area contributed by atoms with Crippen LogP contribution in [-0.4, -0.2) is 37.2 Å². The van der Waals surface area contributed by atoms with Crippen LogP contribution in [0.1, 0.15) is 12.5 Å². The van der Waals surface area contributed by atoms with Gasteiger partial charge in [-0.2, -0.15) is 0 Å². The van der Waals surface area contributed by atoms with Crippen LogP contribution >= 0.6 is 11.6 Å². The Morgan fingerprint density at radius 3 is 2.60 bits per heavy atom. The van der Waals surface area contributed by atoms with Crippen molar-refractivity contribution in [1.82, 2.24) is 0 Å². The van der Waals surface area contributed by atoms with E-state index in [1.54, 1.807) is 25.1 Å². The molecule has 0 aromatic heterocycles. The summed E-state index contributed by atoms with van der Waals surface area (Å²) in [7, 11) is 1.42. The molecule has 0 saturated carbocycles. The molecule has 5 nitrogen and oxygen atoms in total. The van der Waals surface area contributed by atoms with Crippen molar-refractivity contribution < 1.29 is 19.4 Å². The van der Waals surface area contributed by atoms with Gasteiger partial charge in [0.15, 0.2) is 0 Å². The number of rotatable bonds is 6. The lowest BCUT2D eigenvalue weighted by Gasteiger charge is -2.25. The number of carboxylic acids is 1. The molecule has 0 heterocycles. The molecule has 0 radical (unpaired) electrons. The number of anilines is 1. The van der Waals surface area contributed by atoms with Crippen LogP contribution in [0.5, 0.6) is 0 Å². The molecule has 0 aliphatic heterocycles. The number of hydrogen-bond acceptors (Lipinski definition) is 3. The predicted octanol–water partition coefficient (Wildman–Crippen LogP) is 2.35. The molecule has 6 heteroatoms. The molecule has 0 bridgehead atoms. The van der Waals surface area contributed by atoms with E-state index in [1.165, 1.54) is 12.0 Å². The lowest BCUT2D eigenvalue weighted by molar-refractivity contribution is -0.140. The van der Waals surface area contributed by atoms with Crippen LogP contribution in [0.2, 0.25) is 5.02 Å². The summed E-state index contributed by atoms with van der Waals surface area (Å²) in [5, 5.41) is 9.52. The second kappa shape index (κ2) is 7.26. The zero-order chi connectivity index (χ0) is 15.3. The van der Waals surface area contributed by atoms with Gasteiger partial charge in [0, 0.05) is 24.4 Å². The zero-order valence-corrected chi connectivity index (χ0v) is 12.5. The van der Waals surface area contributed by atoms with Gasteiger partial charge in [-0.25, -0.2) is 0 Å². The van der Waals surface area contributed by atoms with Gasteiger partial charge in [0.1, 0.15) is 6.61 Å². The second-order valence-corrected chi connectivity index (χ2v) is 5.02. The molecule has 0 saturated heterocycles. The normalized spacial score (nSPS) is 12.0. The first-order chi connectivity index (χ1) is 9.36. The van der Waals surface area contributed by atoms with Crippen molar-refractivity contribution >= 4 is 29.2 Å². The highest BCUT2D eigenvalue weighted by Crippen LogP contribution is 2.24. The van der Waals surface area contributed by atoms with Crippen LogP contribution in [0.3, 0.4) is 0 Å². The van der Waals surface area contributed by atoms with Crippen LogP contribution in [0.15, 0.2) is 18.2 Å². The van der Waals surface area contributed by atoms with Gasteiger partial charge in [-0.1, -0.05) is 24.6 Å². The smallest absolute Gasteiger partial charge is 0.308 e. The molecule has 1 atom stereocenters. The molecular formula is C14H18ClNO4. The van der Waals surface area contributed by atoms with E-state index in [4.69, 9.17) is 21.4 Å². The lowest BCUT2D eigenvalue weighted by atomic mass is 10.1. The summed E-state index contributed by atoms with van der Waals surface area (Å²) in [6.45, 7) is 3.35. The first-order valence-corrected chi connectivity index (χ1v) is 6.53. The quantitative estimate of drug-likeness (QED) is 0.875. The van der Waals surface area contributed by atoms with E-state index in [9.17, 15) is 9.59 Å². The summed E-state index contributed by atoms with van der Waals surface area (Å²) in [4.78, 5) is 24.4. The number of amides is 1. The molecule has 1 amide bonds. The monoisotopic (exact) mass is 299 g/mol. The molecule has 0 fully saturated rings. The van der Waals surface area contributed by atoms with Crippen LogP contribution < -0.4 is 4.90 Å². The summed E-state index contributed by atoms with van der Waals surface area (Å²) < 4.78 is 4.83. The number of methoxy groups -OCH3 is 1. The number of carbonyl (C=O) groups is 2. The number of nitrogens with zero attached hydrogens (tertiary/aromatic N) is 1. The van der Waals surface area contributed by atoms with Gasteiger partial charge >= 0.3 is 5.97 Å². The minimum atomic E-state index is -0.960. The van der Waals surface area contributed by atoms with E-state index in [2.05, 4.69) is 0 Å². The minimum Gasteiger partial charge on any atom is -0.481 e. The lowest BCUT2D eigenvalue weighted by Crippen LogP contribution is -2.39. The maximum atomic E-state index is 12.1. The van der Waals surface area contributed by atoms with E-state index < -0.39 is 11.9 Å². The van der Waals surface area contributed by atoms with E-state index in [-0.39, 0.29) is 19.1 Å². The van der Waals surface area contributed by atoms with Gasteiger partial charge in [0.05, 0.1) is 5.92 Å². The Bertz CT molecular complexity index is 504.